The molecule has 0 N–H and O–H groups in total. The highest BCUT2D eigenvalue weighted by Crippen LogP contribution is 2.37. The van der Waals surface area contributed by atoms with Crippen molar-refractivity contribution < 1.29 is 4.79 Å². The second-order valence-corrected chi connectivity index (χ2v) is 6.50. The quantitative estimate of drug-likeness (QED) is 0.753. The van der Waals surface area contributed by atoms with Gasteiger partial charge in [-0.2, -0.15) is 11.8 Å². The van der Waals surface area contributed by atoms with E-state index in [4.69, 9.17) is 0 Å². The second-order valence-electron chi connectivity index (χ2n) is 4.18. The van der Waals surface area contributed by atoms with Gasteiger partial charge in [0.15, 0.2) is 0 Å². The first-order valence-electron chi connectivity index (χ1n) is 5.47. The van der Waals surface area contributed by atoms with E-state index in [1.165, 1.54) is 6.42 Å². The summed E-state index contributed by atoms with van der Waals surface area (Å²) in [4.78, 5) is 15.1. The fraction of sp³-hybridized carbons (Fsp3) is 0.417. The molecule has 2 aliphatic rings. The van der Waals surface area contributed by atoms with E-state index in [0.29, 0.717) is 11.3 Å². The minimum Gasteiger partial charge on any atom is -0.334 e. The van der Waals surface area contributed by atoms with Crippen LogP contribution in [0.2, 0.25) is 0 Å². The van der Waals surface area contributed by atoms with Crippen LogP contribution >= 0.6 is 23.1 Å². The summed E-state index contributed by atoms with van der Waals surface area (Å²) in [7, 11) is 0. The molecule has 1 aromatic heterocycles. The third kappa shape index (κ3) is 1.92. The van der Waals surface area contributed by atoms with Crippen molar-refractivity contribution in [3.8, 4) is 0 Å². The van der Waals surface area contributed by atoms with Crippen LogP contribution in [0.1, 0.15) is 11.3 Å². The number of hydrogen-bond donors (Lipinski definition) is 0. The minimum atomic E-state index is 0.182. The number of carbonyl (C=O) groups is 1. The normalized spacial score (nSPS) is 28.1. The monoisotopic (exact) mass is 251 g/mol. The number of fused-ring (bicyclic) bond motifs is 2. The molecule has 1 aromatic rings. The van der Waals surface area contributed by atoms with Crippen molar-refractivity contribution in [1.82, 2.24) is 4.90 Å². The average Bonchev–Trinajstić information content (AvgIpc) is 3.01. The molecule has 0 aromatic carbocycles. The van der Waals surface area contributed by atoms with E-state index in [1.54, 1.807) is 17.4 Å². The zero-order valence-electron chi connectivity index (χ0n) is 8.83. The van der Waals surface area contributed by atoms with Crippen molar-refractivity contribution in [2.75, 3.05) is 12.3 Å². The molecule has 2 fully saturated rings. The number of carbonyl (C=O) groups excluding carboxylic acids is 1. The van der Waals surface area contributed by atoms with Gasteiger partial charge in [-0.05, 0) is 23.9 Å². The molecule has 1 amide bonds. The van der Waals surface area contributed by atoms with Crippen molar-refractivity contribution in [3.05, 3.63) is 28.5 Å². The Hall–Kier alpha value is -0.740. The predicted molar refractivity (Wildman–Crippen MR) is 69.7 cm³/mol. The highest BCUT2D eigenvalue weighted by Gasteiger charge is 2.40. The van der Waals surface area contributed by atoms with Gasteiger partial charge in [-0.15, -0.1) is 11.3 Å². The molecule has 2 atom stereocenters. The van der Waals surface area contributed by atoms with Crippen LogP contribution in [0.4, 0.5) is 0 Å². The van der Waals surface area contributed by atoms with E-state index >= 15 is 0 Å². The fourth-order valence-electron chi connectivity index (χ4n) is 2.30. The maximum atomic E-state index is 12.0. The SMILES string of the molecule is O=C(/C=C/c1cccs1)N1CC2CC1CS2. The lowest BCUT2D eigenvalue weighted by Gasteiger charge is -2.25. The molecule has 4 heteroatoms. The van der Waals surface area contributed by atoms with Gasteiger partial charge in [-0.3, -0.25) is 4.79 Å². The van der Waals surface area contributed by atoms with Crippen molar-refractivity contribution in [1.29, 1.82) is 0 Å². The number of nitrogens with zero attached hydrogens (tertiary/aromatic N) is 1. The maximum Gasteiger partial charge on any atom is 0.246 e. The van der Waals surface area contributed by atoms with E-state index in [1.807, 2.05) is 40.3 Å². The Kier molecular flexibility index (Phi) is 2.77. The Morgan fingerprint density at radius 3 is 3.12 bits per heavy atom. The average molecular weight is 251 g/mol. The number of likely N-dealkylation sites (tertiary alicyclic amines) is 1. The van der Waals surface area contributed by atoms with Crippen molar-refractivity contribution >= 4 is 35.1 Å². The van der Waals surface area contributed by atoms with E-state index < -0.39 is 0 Å². The van der Waals surface area contributed by atoms with Gasteiger partial charge in [-0.1, -0.05) is 6.07 Å². The molecule has 16 heavy (non-hydrogen) atoms. The molecule has 2 aliphatic heterocycles. The number of thioether (sulfide) groups is 1. The summed E-state index contributed by atoms with van der Waals surface area (Å²) < 4.78 is 0. The first-order valence-corrected chi connectivity index (χ1v) is 7.39. The molecule has 2 nitrogen and oxygen atoms in total. The van der Waals surface area contributed by atoms with Gasteiger partial charge in [0.05, 0.1) is 0 Å². The Balaban J connectivity index is 1.66. The molecule has 2 bridgehead atoms. The van der Waals surface area contributed by atoms with Gasteiger partial charge in [0.25, 0.3) is 0 Å². The van der Waals surface area contributed by atoms with Crippen molar-refractivity contribution in [2.24, 2.45) is 0 Å². The van der Waals surface area contributed by atoms with E-state index in [0.717, 1.165) is 17.2 Å². The first-order chi connectivity index (χ1) is 7.83. The van der Waals surface area contributed by atoms with E-state index in [-0.39, 0.29) is 5.91 Å². The first kappa shape index (κ1) is 10.4. The molecule has 0 spiro atoms. The molecular formula is C12H13NOS2. The molecule has 0 aliphatic carbocycles. The van der Waals surface area contributed by atoms with Gasteiger partial charge >= 0.3 is 0 Å². The molecule has 3 heterocycles. The van der Waals surface area contributed by atoms with Gasteiger partial charge < -0.3 is 4.90 Å². The number of rotatable bonds is 2. The van der Waals surface area contributed by atoms with Crippen LogP contribution in [0.15, 0.2) is 23.6 Å². The van der Waals surface area contributed by atoms with Crippen LogP contribution < -0.4 is 0 Å². The summed E-state index contributed by atoms with van der Waals surface area (Å²) in [6, 6.07) is 4.53. The third-order valence-electron chi connectivity index (χ3n) is 3.12. The summed E-state index contributed by atoms with van der Waals surface area (Å²) >= 11 is 3.67. The zero-order valence-corrected chi connectivity index (χ0v) is 10.5. The second kappa shape index (κ2) is 4.26. The van der Waals surface area contributed by atoms with Crippen LogP contribution in [-0.2, 0) is 4.79 Å². The van der Waals surface area contributed by atoms with Crippen molar-refractivity contribution in [2.45, 2.75) is 17.7 Å². The molecule has 0 saturated carbocycles. The lowest BCUT2D eigenvalue weighted by molar-refractivity contribution is -0.126. The summed E-state index contributed by atoms with van der Waals surface area (Å²) in [6.45, 7) is 0.947. The topological polar surface area (TPSA) is 20.3 Å². The highest BCUT2D eigenvalue weighted by molar-refractivity contribution is 8.00. The Bertz CT molecular complexity index is 413. The number of thiophene rings is 1. The maximum absolute atomic E-state index is 12.0. The molecule has 2 unspecified atom stereocenters. The Morgan fingerprint density at radius 2 is 2.50 bits per heavy atom. The van der Waals surface area contributed by atoms with Crippen LogP contribution in [-0.4, -0.2) is 34.4 Å². The highest BCUT2D eigenvalue weighted by atomic mass is 32.2. The minimum absolute atomic E-state index is 0.182. The molecular weight excluding hydrogens is 238 g/mol. The van der Waals surface area contributed by atoms with Gasteiger partial charge in [0.2, 0.25) is 5.91 Å². The summed E-state index contributed by atoms with van der Waals surface area (Å²) in [5.74, 6) is 1.31. The van der Waals surface area contributed by atoms with Gasteiger partial charge in [0.1, 0.15) is 0 Å². The molecule has 3 rings (SSSR count). The summed E-state index contributed by atoms with van der Waals surface area (Å²) in [5.41, 5.74) is 0. The lowest BCUT2D eigenvalue weighted by Crippen LogP contribution is -2.38. The molecule has 2 saturated heterocycles. The van der Waals surface area contributed by atoms with Gasteiger partial charge in [-0.25, -0.2) is 0 Å². The van der Waals surface area contributed by atoms with Crippen LogP contribution in [0.5, 0.6) is 0 Å². The predicted octanol–water partition coefficient (Wildman–Crippen LogP) is 2.48. The Morgan fingerprint density at radius 1 is 1.56 bits per heavy atom. The van der Waals surface area contributed by atoms with Crippen LogP contribution in [0.25, 0.3) is 6.08 Å². The Labute approximate surface area is 103 Å². The summed E-state index contributed by atoms with van der Waals surface area (Å²) in [6.07, 6.45) is 4.84. The molecule has 0 radical (unpaired) electrons. The number of hydrogen-bond acceptors (Lipinski definition) is 3. The number of amides is 1. The fourth-order valence-corrected chi connectivity index (χ4v) is 4.36. The molecule has 84 valence electrons. The standard InChI is InChI=1S/C12H13NOS2/c14-12(4-3-10-2-1-5-15-10)13-7-11-6-9(13)8-16-11/h1-5,9,11H,6-8H2/b4-3+. The van der Waals surface area contributed by atoms with E-state index in [9.17, 15) is 4.79 Å². The van der Waals surface area contributed by atoms with Crippen LogP contribution in [0.3, 0.4) is 0 Å². The van der Waals surface area contributed by atoms with Crippen molar-refractivity contribution in [3.63, 3.8) is 0 Å². The van der Waals surface area contributed by atoms with Crippen LogP contribution in [0, 0.1) is 0 Å². The lowest BCUT2D eigenvalue weighted by atomic mass is 10.2. The van der Waals surface area contributed by atoms with E-state index in [2.05, 4.69) is 0 Å². The smallest absolute Gasteiger partial charge is 0.246 e. The largest absolute Gasteiger partial charge is 0.334 e. The summed E-state index contributed by atoms with van der Waals surface area (Å²) in [5, 5.41) is 2.72. The third-order valence-corrected chi connectivity index (χ3v) is 5.34. The van der Waals surface area contributed by atoms with Gasteiger partial charge in [0, 0.05) is 34.5 Å². The zero-order chi connectivity index (χ0) is 11.0.